The highest BCUT2D eigenvalue weighted by molar-refractivity contribution is 6.00. The third kappa shape index (κ3) is 3.30. The van der Waals surface area contributed by atoms with Crippen LogP contribution >= 0.6 is 0 Å². The van der Waals surface area contributed by atoms with Crippen molar-refractivity contribution >= 4 is 11.6 Å². The summed E-state index contributed by atoms with van der Waals surface area (Å²) in [7, 11) is 1.56. The molecule has 28 heavy (non-hydrogen) atoms. The fourth-order valence-electron chi connectivity index (χ4n) is 3.82. The Morgan fingerprint density at radius 1 is 1.14 bits per heavy atom. The Morgan fingerprint density at radius 2 is 1.82 bits per heavy atom. The van der Waals surface area contributed by atoms with Gasteiger partial charge in [-0.15, -0.1) is 0 Å². The number of phenolic OH excluding ortho intramolecular Hbond substituents is 2. The van der Waals surface area contributed by atoms with Crippen LogP contribution in [-0.4, -0.2) is 45.7 Å². The number of rotatable bonds is 5. The first-order chi connectivity index (χ1) is 13.3. The van der Waals surface area contributed by atoms with Gasteiger partial charge < -0.3 is 30.5 Å². The molecule has 7 heteroatoms. The number of aromatic hydroxyl groups is 2. The number of benzene rings is 2. The third-order valence-corrected chi connectivity index (χ3v) is 5.23. The second kappa shape index (κ2) is 7.53. The number of aliphatic hydroxyl groups is 2. The van der Waals surface area contributed by atoms with Crippen LogP contribution in [0.4, 0.5) is 5.69 Å². The molecule has 1 amide bonds. The summed E-state index contributed by atoms with van der Waals surface area (Å²) >= 11 is 0. The molecule has 1 fully saturated rings. The van der Waals surface area contributed by atoms with Gasteiger partial charge in [0.15, 0.2) is 0 Å². The highest BCUT2D eigenvalue weighted by atomic mass is 16.5. The van der Waals surface area contributed by atoms with Gasteiger partial charge in [0.1, 0.15) is 17.2 Å². The normalized spacial score (nSPS) is 23.6. The van der Waals surface area contributed by atoms with Gasteiger partial charge >= 0.3 is 0 Å². The van der Waals surface area contributed by atoms with Crippen molar-refractivity contribution in [2.45, 2.75) is 31.0 Å². The largest absolute Gasteiger partial charge is 0.508 e. The summed E-state index contributed by atoms with van der Waals surface area (Å²) in [5.41, 5.74) is 1.90. The van der Waals surface area contributed by atoms with E-state index in [2.05, 4.69) is 11.9 Å². The molecule has 0 aliphatic heterocycles. The topological polar surface area (TPSA) is 119 Å². The Bertz CT molecular complexity index is 915. The lowest BCUT2D eigenvalue weighted by atomic mass is 9.62. The number of carbonyl (C=O) groups excluding carboxylic acids is 1. The quantitative estimate of drug-likeness (QED) is 0.503. The molecule has 0 saturated heterocycles. The maximum Gasteiger partial charge on any atom is 0.247 e. The number of hydrogen-bond donors (Lipinski definition) is 5. The lowest BCUT2D eigenvalue weighted by Gasteiger charge is -2.48. The number of nitrogens with one attached hydrogen (secondary N) is 1. The summed E-state index contributed by atoms with van der Waals surface area (Å²) in [5, 5.41) is 44.2. The molecule has 148 valence electrons. The number of aryl methyl sites for hydroxylation is 1. The second-order valence-electron chi connectivity index (χ2n) is 6.87. The van der Waals surface area contributed by atoms with Gasteiger partial charge in [-0.3, -0.25) is 4.79 Å². The Labute approximate surface area is 162 Å². The van der Waals surface area contributed by atoms with Crippen LogP contribution in [0.25, 0.3) is 0 Å². The molecule has 0 heterocycles. The first kappa shape index (κ1) is 19.7. The Hall–Kier alpha value is -3.03. The number of aliphatic hydroxyl groups excluding tert-OH is 2. The minimum absolute atomic E-state index is 0.107. The zero-order valence-corrected chi connectivity index (χ0v) is 15.6. The molecule has 0 aromatic heterocycles. The summed E-state index contributed by atoms with van der Waals surface area (Å²) in [4.78, 5) is 11.7. The number of ether oxygens (including phenoxy) is 1. The van der Waals surface area contributed by atoms with Gasteiger partial charge in [0.25, 0.3) is 0 Å². The fourth-order valence-corrected chi connectivity index (χ4v) is 3.82. The molecule has 5 N–H and O–H groups in total. The summed E-state index contributed by atoms with van der Waals surface area (Å²) < 4.78 is 5.19. The maximum atomic E-state index is 11.7. The molecule has 1 saturated carbocycles. The van der Waals surface area contributed by atoms with Gasteiger partial charge in [-0.2, -0.15) is 0 Å². The van der Waals surface area contributed by atoms with Gasteiger partial charge in [0.05, 0.1) is 25.0 Å². The van der Waals surface area contributed by atoms with Crippen LogP contribution < -0.4 is 10.1 Å². The Morgan fingerprint density at radius 3 is 2.39 bits per heavy atom. The summed E-state index contributed by atoms with van der Waals surface area (Å²) in [5.74, 6) is -1.86. The van der Waals surface area contributed by atoms with E-state index in [4.69, 9.17) is 4.74 Å². The van der Waals surface area contributed by atoms with Crippen molar-refractivity contribution in [3.8, 4) is 17.2 Å². The Balaban J connectivity index is 1.97. The molecule has 2 aromatic carbocycles. The molecule has 7 nitrogen and oxygen atoms in total. The van der Waals surface area contributed by atoms with E-state index >= 15 is 0 Å². The van der Waals surface area contributed by atoms with E-state index < -0.39 is 30.0 Å². The molecule has 2 unspecified atom stereocenters. The molecule has 2 atom stereocenters. The lowest BCUT2D eigenvalue weighted by molar-refractivity contribution is -0.112. The molecule has 2 aromatic rings. The monoisotopic (exact) mass is 385 g/mol. The smallest absolute Gasteiger partial charge is 0.247 e. The zero-order valence-electron chi connectivity index (χ0n) is 15.6. The van der Waals surface area contributed by atoms with Gasteiger partial charge in [-0.05, 0) is 36.3 Å². The van der Waals surface area contributed by atoms with Gasteiger partial charge in [0.2, 0.25) is 5.91 Å². The molecule has 0 radical (unpaired) electrons. The van der Waals surface area contributed by atoms with E-state index in [0.717, 1.165) is 23.3 Å². The van der Waals surface area contributed by atoms with E-state index in [9.17, 15) is 25.2 Å². The van der Waals surface area contributed by atoms with Crippen molar-refractivity contribution < 1.29 is 30.0 Å². The van der Waals surface area contributed by atoms with E-state index in [1.54, 1.807) is 19.2 Å². The number of amides is 1. The third-order valence-electron chi connectivity index (χ3n) is 5.23. The summed E-state index contributed by atoms with van der Waals surface area (Å²) in [6.07, 6.45) is -0.962. The van der Waals surface area contributed by atoms with Crippen LogP contribution in [-0.2, 0) is 4.79 Å². The van der Waals surface area contributed by atoms with Crippen molar-refractivity contribution in [2.75, 3.05) is 12.4 Å². The van der Waals surface area contributed by atoms with Crippen LogP contribution in [0.1, 0.15) is 28.5 Å². The van der Waals surface area contributed by atoms with E-state index in [0.29, 0.717) is 5.75 Å². The minimum Gasteiger partial charge on any atom is -0.508 e. The van der Waals surface area contributed by atoms with Crippen molar-refractivity contribution in [3.63, 3.8) is 0 Å². The van der Waals surface area contributed by atoms with Crippen molar-refractivity contribution in [1.29, 1.82) is 0 Å². The standard InChI is InChI=1S/C21H23NO6/c1-4-16(25)22-14-8-11(23)9-15(24)18(14)19-20(26)17(21(19)27)13-6-5-12(28-3)7-10(13)2/h4-9,17,19-21,23-24,26-27H,1H2,2-3H3,(H,22,25). The molecule has 1 aliphatic rings. The van der Waals surface area contributed by atoms with Crippen molar-refractivity contribution in [2.24, 2.45) is 0 Å². The molecular formula is C21H23NO6. The van der Waals surface area contributed by atoms with Crippen molar-refractivity contribution in [3.05, 3.63) is 59.7 Å². The first-order valence-electron chi connectivity index (χ1n) is 8.78. The molecule has 1 aliphatic carbocycles. The average molecular weight is 385 g/mol. The van der Waals surface area contributed by atoms with Crippen molar-refractivity contribution in [1.82, 2.24) is 0 Å². The predicted molar refractivity (Wildman–Crippen MR) is 104 cm³/mol. The number of carbonyl (C=O) groups is 1. The van der Waals surface area contributed by atoms with Gasteiger partial charge in [0, 0.05) is 29.5 Å². The van der Waals surface area contributed by atoms with Crippen LogP contribution in [0.5, 0.6) is 17.2 Å². The second-order valence-corrected chi connectivity index (χ2v) is 6.87. The van der Waals surface area contributed by atoms with Crippen LogP contribution in [0, 0.1) is 6.92 Å². The first-order valence-corrected chi connectivity index (χ1v) is 8.78. The maximum absolute atomic E-state index is 11.7. The van der Waals surface area contributed by atoms with Crippen LogP contribution in [0.2, 0.25) is 0 Å². The zero-order chi connectivity index (χ0) is 20.6. The minimum atomic E-state index is -1.00. The molecule has 0 spiro atoms. The number of hydrogen-bond acceptors (Lipinski definition) is 6. The number of anilines is 1. The highest BCUT2D eigenvalue weighted by Gasteiger charge is 2.52. The highest BCUT2D eigenvalue weighted by Crippen LogP contribution is 2.53. The summed E-state index contributed by atoms with van der Waals surface area (Å²) in [6, 6.07) is 7.71. The SMILES string of the molecule is C=CC(=O)Nc1cc(O)cc(O)c1C1C(O)C(c2ccc(OC)cc2C)C1O. The van der Waals surface area contributed by atoms with E-state index in [1.165, 1.54) is 6.07 Å². The number of methoxy groups -OCH3 is 1. The number of phenols is 2. The molecule has 3 rings (SSSR count). The average Bonchev–Trinajstić information content (AvgIpc) is 2.65. The van der Waals surface area contributed by atoms with E-state index in [1.807, 2.05) is 13.0 Å². The summed E-state index contributed by atoms with van der Waals surface area (Å²) in [6.45, 7) is 5.23. The lowest BCUT2D eigenvalue weighted by Crippen LogP contribution is -2.52. The molecule has 0 bridgehead atoms. The Kier molecular flexibility index (Phi) is 5.31. The predicted octanol–water partition coefficient (Wildman–Crippen LogP) is 2.14. The van der Waals surface area contributed by atoms with Gasteiger partial charge in [-0.25, -0.2) is 0 Å². The fraction of sp³-hybridized carbons (Fsp3) is 0.286. The van der Waals surface area contributed by atoms with E-state index in [-0.39, 0.29) is 22.7 Å². The van der Waals surface area contributed by atoms with Gasteiger partial charge in [-0.1, -0.05) is 12.6 Å². The van der Waals surface area contributed by atoms with Crippen LogP contribution in [0.3, 0.4) is 0 Å². The molecular weight excluding hydrogens is 362 g/mol. The van der Waals surface area contributed by atoms with Crippen LogP contribution in [0.15, 0.2) is 43.0 Å².